The average molecular weight is 498 g/mol. The Balaban J connectivity index is 1.07. The van der Waals surface area contributed by atoms with E-state index in [4.69, 9.17) is 0 Å². The number of piperazine rings is 1. The van der Waals surface area contributed by atoms with Gasteiger partial charge < -0.3 is 15.1 Å². The summed E-state index contributed by atoms with van der Waals surface area (Å²) in [5.74, 6) is -0.293. The zero-order chi connectivity index (χ0) is 24.0. The molecule has 1 amide bonds. The molecule has 0 bridgehead atoms. The first-order chi connectivity index (χ1) is 17.2. The normalized spacial score (nSPS) is 17.1. The number of nitrogens with zero attached hydrogens (tertiary/aromatic N) is 6. The van der Waals surface area contributed by atoms with Gasteiger partial charge in [-0.3, -0.25) is 14.3 Å². The third kappa shape index (κ3) is 5.82. The van der Waals surface area contributed by atoms with Gasteiger partial charge in [0.05, 0.1) is 0 Å². The van der Waals surface area contributed by atoms with E-state index in [1.165, 1.54) is 42.7 Å². The number of piperidine rings is 1. The Bertz CT molecular complexity index is 1100. The largest absolute Gasteiger partial charge is 0.369 e. The first-order valence-corrected chi connectivity index (χ1v) is 13.3. The van der Waals surface area contributed by atoms with Crippen LogP contribution in [-0.4, -0.2) is 77.9 Å². The van der Waals surface area contributed by atoms with Crippen LogP contribution in [0.5, 0.6) is 0 Å². The molecule has 10 heteroatoms. The Morgan fingerprint density at radius 1 is 0.914 bits per heavy atom. The second-order valence-electron chi connectivity index (χ2n) is 9.09. The fourth-order valence-electron chi connectivity index (χ4n) is 4.73. The Morgan fingerprint density at radius 3 is 2.43 bits per heavy atom. The van der Waals surface area contributed by atoms with Gasteiger partial charge in [-0.05, 0) is 68.6 Å². The number of carbonyl (C=O) groups excluding carboxylic acids is 1. The maximum absolute atomic E-state index is 13.2. The third-order valence-corrected chi connectivity index (χ3v) is 7.70. The molecule has 2 fully saturated rings. The summed E-state index contributed by atoms with van der Waals surface area (Å²) in [6, 6.07) is 10.4. The van der Waals surface area contributed by atoms with Gasteiger partial charge in [0.1, 0.15) is 11.5 Å². The average Bonchev–Trinajstić information content (AvgIpc) is 3.58. The molecule has 8 nitrogen and oxygen atoms in total. The van der Waals surface area contributed by atoms with Gasteiger partial charge in [-0.1, -0.05) is 11.3 Å². The van der Waals surface area contributed by atoms with Crippen LogP contribution in [0.25, 0.3) is 5.13 Å². The van der Waals surface area contributed by atoms with Crippen LogP contribution in [0.3, 0.4) is 0 Å². The van der Waals surface area contributed by atoms with Gasteiger partial charge in [0.2, 0.25) is 10.3 Å². The van der Waals surface area contributed by atoms with E-state index in [2.05, 4.69) is 30.2 Å². The first kappa shape index (κ1) is 23.7. The van der Waals surface area contributed by atoms with E-state index >= 15 is 0 Å². The van der Waals surface area contributed by atoms with Crippen molar-refractivity contribution < 1.29 is 9.18 Å². The molecule has 0 atom stereocenters. The molecule has 1 aromatic carbocycles. The van der Waals surface area contributed by atoms with Gasteiger partial charge in [-0.25, -0.2) is 4.39 Å². The van der Waals surface area contributed by atoms with Crippen molar-refractivity contribution in [2.24, 2.45) is 0 Å². The molecule has 0 spiro atoms. The second kappa shape index (κ2) is 11.2. The first-order valence-electron chi connectivity index (χ1n) is 12.4. The van der Waals surface area contributed by atoms with Gasteiger partial charge in [0.15, 0.2) is 0 Å². The van der Waals surface area contributed by atoms with E-state index in [1.807, 2.05) is 35.0 Å². The van der Waals surface area contributed by atoms with Crippen molar-refractivity contribution in [2.75, 3.05) is 62.2 Å². The summed E-state index contributed by atoms with van der Waals surface area (Å²) in [5, 5.41) is 13.4. The number of halogens is 1. The second-order valence-corrected chi connectivity index (χ2v) is 10.0. The molecular formula is C25H32FN7OS. The van der Waals surface area contributed by atoms with Crippen LogP contribution in [0.4, 0.5) is 15.2 Å². The van der Waals surface area contributed by atoms with E-state index in [-0.39, 0.29) is 11.7 Å². The number of aromatic nitrogens is 3. The minimum Gasteiger partial charge on any atom is -0.369 e. The lowest BCUT2D eigenvalue weighted by Crippen LogP contribution is -2.47. The summed E-state index contributed by atoms with van der Waals surface area (Å²) in [6.45, 7) is 7.38. The van der Waals surface area contributed by atoms with E-state index in [0.29, 0.717) is 12.2 Å². The SMILES string of the molecule is O=C(NCCCN1CCN(c2ccc(F)cc2)CC1)c1cccn1-c1nnc(N2CCCCC2)s1. The van der Waals surface area contributed by atoms with Crippen molar-refractivity contribution in [1.29, 1.82) is 0 Å². The van der Waals surface area contributed by atoms with Gasteiger partial charge in [-0.15, -0.1) is 10.2 Å². The van der Waals surface area contributed by atoms with E-state index < -0.39 is 0 Å². The molecule has 35 heavy (non-hydrogen) atoms. The van der Waals surface area contributed by atoms with E-state index in [0.717, 1.165) is 68.2 Å². The highest BCUT2D eigenvalue weighted by atomic mass is 32.1. The number of hydrogen-bond donors (Lipinski definition) is 1. The Hall–Kier alpha value is -2.98. The van der Waals surface area contributed by atoms with Crippen molar-refractivity contribution >= 4 is 28.1 Å². The molecule has 1 N–H and O–H groups in total. The molecule has 4 heterocycles. The van der Waals surface area contributed by atoms with Crippen molar-refractivity contribution in [3.8, 4) is 5.13 Å². The minimum absolute atomic E-state index is 0.0918. The van der Waals surface area contributed by atoms with Gasteiger partial charge in [0.25, 0.3) is 5.91 Å². The summed E-state index contributed by atoms with van der Waals surface area (Å²) in [5.41, 5.74) is 1.65. The number of benzene rings is 1. The number of rotatable bonds is 8. The summed E-state index contributed by atoms with van der Waals surface area (Å²) in [6.07, 6.45) is 6.42. The number of carbonyl (C=O) groups is 1. The lowest BCUT2D eigenvalue weighted by molar-refractivity contribution is 0.0944. The zero-order valence-electron chi connectivity index (χ0n) is 19.9. The Morgan fingerprint density at radius 2 is 1.66 bits per heavy atom. The predicted octanol–water partition coefficient (Wildman–Crippen LogP) is 3.40. The summed E-state index contributed by atoms with van der Waals surface area (Å²) in [4.78, 5) is 19.8. The van der Waals surface area contributed by atoms with Crippen LogP contribution in [0.1, 0.15) is 36.2 Å². The molecule has 0 radical (unpaired) electrons. The van der Waals surface area contributed by atoms with Crippen LogP contribution >= 0.6 is 11.3 Å². The summed E-state index contributed by atoms with van der Waals surface area (Å²) in [7, 11) is 0. The molecule has 5 rings (SSSR count). The topological polar surface area (TPSA) is 69.5 Å². The fourth-order valence-corrected chi connectivity index (χ4v) is 5.62. The Kier molecular flexibility index (Phi) is 7.58. The van der Waals surface area contributed by atoms with E-state index in [9.17, 15) is 9.18 Å². The molecule has 2 aliphatic heterocycles. The monoisotopic (exact) mass is 497 g/mol. The lowest BCUT2D eigenvalue weighted by atomic mass is 10.1. The highest BCUT2D eigenvalue weighted by Crippen LogP contribution is 2.27. The molecule has 0 unspecified atom stereocenters. The van der Waals surface area contributed by atoms with Crippen molar-refractivity contribution in [2.45, 2.75) is 25.7 Å². The zero-order valence-corrected chi connectivity index (χ0v) is 20.7. The Labute approximate surface area is 209 Å². The highest BCUT2D eigenvalue weighted by molar-refractivity contribution is 7.17. The number of amides is 1. The number of nitrogens with one attached hydrogen (secondary N) is 1. The van der Waals surface area contributed by atoms with Gasteiger partial charge in [-0.2, -0.15) is 0 Å². The summed E-state index contributed by atoms with van der Waals surface area (Å²) >= 11 is 1.53. The maximum Gasteiger partial charge on any atom is 0.268 e. The van der Waals surface area contributed by atoms with E-state index in [1.54, 1.807) is 0 Å². The van der Waals surface area contributed by atoms with Crippen LogP contribution < -0.4 is 15.1 Å². The fraction of sp³-hybridized carbons (Fsp3) is 0.480. The van der Waals surface area contributed by atoms with Crippen molar-refractivity contribution in [3.05, 3.63) is 54.1 Å². The quantitative estimate of drug-likeness (QED) is 0.481. The van der Waals surface area contributed by atoms with Gasteiger partial charge >= 0.3 is 0 Å². The minimum atomic E-state index is -0.202. The van der Waals surface area contributed by atoms with Crippen LogP contribution in [-0.2, 0) is 0 Å². The molecule has 2 aliphatic rings. The molecule has 2 saturated heterocycles. The molecule has 3 aromatic rings. The molecule has 0 saturated carbocycles. The third-order valence-electron chi connectivity index (χ3n) is 6.72. The molecule has 186 valence electrons. The molecular weight excluding hydrogens is 465 g/mol. The van der Waals surface area contributed by atoms with Gasteiger partial charge in [0, 0.05) is 57.7 Å². The van der Waals surface area contributed by atoms with Crippen LogP contribution in [0.15, 0.2) is 42.6 Å². The van der Waals surface area contributed by atoms with Crippen LogP contribution in [0.2, 0.25) is 0 Å². The van der Waals surface area contributed by atoms with Crippen molar-refractivity contribution in [1.82, 2.24) is 25.0 Å². The summed E-state index contributed by atoms with van der Waals surface area (Å²) < 4.78 is 15.0. The number of anilines is 2. The standard InChI is InChI=1S/C25H32FN7OS/c26-20-7-9-21(10-8-20)31-18-16-30(17-19-31)12-5-11-27-23(34)22-6-4-15-33(22)25-29-28-24(35-25)32-13-2-1-3-14-32/h4,6-10,15H,1-3,5,11-14,16-19H2,(H,27,34). The lowest BCUT2D eigenvalue weighted by Gasteiger charge is -2.36. The molecule has 0 aliphatic carbocycles. The van der Waals surface area contributed by atoms with Crippen LogP contribution in [0, 0.1) is 5.82 Å². The molecule has 2 aromatic heterocycles. The predicted molar refractivity (Wildman–Crippen MR) is 137 cm³/mol. The maximum atomic E-state index is 13.2. The van der Waals surface area contributed by atoms with Crippen molar-refractivity contribution in [3.63, 3.8) is 0 Å². The number of hydrogen-bond acceptors (Lipinski definition) is 7. The smallest absolute Gasteiger partial charge is 0.268 e. The highest BCUT2D eigenvalue weighted by Gasteiger charge is 2.20.